The molecule has 0 saturated heterocycles. The van der Waals surface area contributed by atoms with Crippen LogP contribution in [0.2, 0.25) is 5.02 Å². The largest absolute Gasteiger partial charge is 0.252 e. The van der Waals surface area contributed by atoms with Gasteiger partial charge in [-0.25, -0.2) is 0 Å². The number of halogens is 1. The zero-order valence-electron chi connectivity index (χ0n) is 12.6. The molecule has 0 saturated carbocycles. The van der Waals surface area contributed by atoms with Gasteiger partial charge >= 0.3 is 0 Å². The van der Waals surface area contributed by atoms with E-state index in [9.17, 15) is 0 Å². The molecular formula is C18H22ClN. The smallest absolute Gasteiger partial charge is 0.0720 e. The lowest BCUT2D eigenvalue weighted by atomic mass is 9.86. The molecule has 1 aliphatic carbocycles. The summed E-state index contributed by atoms with van der Waals surface area (Å²) in [5, 5.41) is 2.07. The summed E-state index contributed by atoms with van der Waals surface area (Å²) >= 11 is 6.71. The highest BCUT2D eigenvalue weighted by Gasteiger charge is 2.19. The van der Waals surface area contributed by atoms with Crippen molar-refractivity contribution in [3.8, 4) is 0 Å². The third-order valence-electron chi connectivity index (χ3n) is 4.31. The van der Waals surface area contributed by atoms with Crippen molar-refractivity contribution >= 4 is 22.5 Å². The lowest BCUT2D eigenvalue weighted by Crippen LogP contribution is -2.11. The first-order valence-electron chi connectivity index (χ1n) is 7.58. The number of rotatable bonds is 0. The fraction of sp³-hybridized carbons (Fsp3) is 0.500. The molecule has 20 heavy (non-hydrogen) atoms. The summed E-state index contributed by atoms with van der Waals surface area (Å²) < 4.78 is 0. The molecule has 1 nitrogen and oxygen atoms in total. The highest BCUT2D eigenvalue weighted by molar-refractivity contribution is 6.36. The van der Waals surface area contributed by atoms with Gasteiger partial charge in [-0.05, 0) is 54.4 Å². The van der Waals surface area contributed by atoms with Crippen molar-refractivity contribution in [1.29, 1.82) is 0 Å². The first-order valence-corrected chi connectivity index (χ1v) is 7.96. The third-order valence-corrected chi connectivity index (χ3v) is 4.74. The van der Waals surface area contributed by atoms with Gasteiger partial charge in [-0.15, -0.1) is 0 Å². The Hall–Kier alpha value is -1.08. The fourth-order valence-corrected chi connectivity index (χ4v) is 3.36. The van der Waals surface area contributed by atoms with Crippen molar-refractivity contribution in [2.45, 2.75) is 58.3 Å². The second-order valence-corrected chi connectivity index (χ2v) is 7.27. The number of benzene rings is 1. The summed E-state index contributed by atoms with van der Waals surface area (Å²) in [4.78, 5) is 4.88. The van der Waals surface area contributed by atoms with Crippen LogP contribution in [0, 0.1) is 0 Å². The van der Waals surface area contributed by atoms with Crippen LogP contribution in [0.15, 0.2) is 18.2 Å². The van der Waals surface area contributed by atoms with Gasteiger partial charge in [-0.1, -0.05) is 44.9 Å². The molecule has 1 aromatic heterocycles. The van der Waals surface area contributed by atoms with E-state index >= 15 is 0 Å². The van der Waals surface area contributed by atoms with Gasteiger partial charge in [-0.2, -0.15) is 0 Å². The SMILES string of the molecule is CC(C)(C)c1ccc2nc3c(c(Cl)c2c1)CCCCC3. The normalized spacial score (nSPS) is 16.0. The van der Waals surface area contributed by atoms with Crippen LogP contribution in [0.5, 0.6) is 0 Å². The summed E-state index contributed by atoms with van der Waals surface area (Å²) in [6.45, 7) is 6.71. The molecule has 0 aliphatic heterocycles. The van der Waals surface area contributed by atoms with E-state index in [4.69, 9.17) is 16.6 Å². The van der Waals surface area contributed by atoms with Gasteiger partial charge in [0.05, 0.1) is 10.5 Å². The second-order valence-electron chi connectivity index (χ2n) is 6.89. The van der Waals surface area contributed by atoms with E-state index in [2.05, 4.69) is 39.0 Å². The molecule has 2 heteroatoms. The predicted octanol–water partition coefficient (Wildman–Crippen LogP) is 5.45. The van der Waals surface area contributed by atoms with Gasteiger partial charge < -0.3 is 0 Å². The Balaban J connectivity index is 2.23. The highest BCUT2D eigenvalue weighted by Crippen LogP contribution is 2.34. The standard InChI is InChI=1S/C18H22ClN/c1-18(2,3)12-9-10-16-14(11-12)17(19)13-7-5-4-6-8-15(13)20-16/h9-11H,4-8H2,1-3H3. The Bertz CT molecular complexity index is 652. The summed E-state index contributed by atoms with van der Waals surface area (Å²) in [6.07, 6.45) is 5.92. The average Bonchev–Trinajstić information content (AvgIpc) is 2.63. The highest BCUT2D eigenvalue weighted by atomic mass is 35.5. The Kier molecular flexibility index (Phi) is 3.50. The zero-order valence-corrected chi connectivity index (χ0v) is 13.3. The van der Waals surface area contributed by atoms with E-state index in [1.165, 1.54) is 36.1 Å². The number of aryl methyl sites for hydroxylation is 1. The molecule has 106 valence electrons. The number of aromatic nitrogens is 1. The molecule has 0 spiro atoms. The van der Waals surface area contributed by atoms with Crippen molar-refractivity contribution in [3.05, 3.63) is 40.0 Å². The topological polar surface area (TPSA) is 12.9 Å². The maximum atomic E-state index is 6.71. The summed E-state index contributed by atoms with van der Waals surface area (Å²) in [5.74, 6) is 0. The minimum absolute atomic E-state index is 0.143. The van der Waals surface area contributed by atoms with Gasteiger partial charge in [0.25, 0.3) is 0 Å². The van der Waals surface area contributed by atoms with E-state index < -0.39 is 0 Å². The van der Waals surface area contributed by atoms with Crippen LogP contribution in [0.25, 0.3) is 10.9 Å². The quantitative estimate of drug-likeness (QED) is 0.587. The number of nitrogens with zero attached hydrogens (tertiary/aromatic N) is 1. The van der Waals surface area contributed by atoms with E-state index in [0.717, 1.165) is 28.8 Å². The molecule has 2 aromatic rings. The summed E-state index contributed by atoms with van der Waals surface area (Å²) in [7, 11) is 0. The number of hydrogen-bond donors (Lipinski definition) is 0. The lowest BCUT2D eigenvalue weighted by molar-refractivity contribution is 0.591. The first-order chi connectivity index (χ1) is 9.47. The van der Waals surface area contributed by atoms with E-state index in [-0.39, 0.29) is 5.41 Å². The Morgan fingerprint density at radius 1 is 1.05 bits per heavy atom. The fourth-order valence-electron chi connectivity index (χ4n) is 3.01. The van der Waals surface area contributed by atoms with E-state index in [1.54, 1.807) is 0 Å². The molecule has 0 N–H and O–H groups in total. The maximum Gasteiger partial charge on any atom is 0.0720 e. The van der Waals surface area contributed by atoms with Gasteiger partial charge in [0.15, 0.2) is 0 Å². The minimum Gasteiger partial charge on any atom is -0.252 e. The van der Waals surface area contributed by atoms with Crippen LogP contribution in [0.4, 0.5) is 0 Å². The molecule has 1 heterocycles. The van der Waals surface area contributed by atoms with Crippen molar-refractivity contribution < 1.29 is 0 Å². The number of pyridine rings is 1. The van der Waals surface area contributed by atoms with Crippen LogP contribution in [-0.4, -0.2) is 4.98 Å². The zero-order chi connectivity index (χ0) is 14.3. The Morgan fingerprint density at radius 2 is 1.80 bits per heavy atom. The number of fused-ring (bicyclic) bond motifs is 2. The molecule has 1 aliphatic rings. The molecule has 1 aromatic carbocycles. The van der Waals surface area contributed by atoms with Crippen molar-refractivity contribution in [3.63, 3.8) is 0 Å². The van der Waals surface area contributed by atoms with Crippen LogP contribution in [0.1, 0.15) is 56.9 Å². The minimum atomic E-state index is 0.143. The molecule has 3 rings (SSSR count). The van der Waals surface area contributed by atoms with Gasteiger partial charge in [0, 0.05) is 11.1 Å². The number of hydrogen-bond acceptors (Lipinski definition) is 1. The lowest BCUT2D eigenvalue weighted by Gasteiger charge is -2.20. The predicted molar refractivity (Wildman–Crippen MR) is 86.7 cm³/mol. The van der Waals surface area contributed by atoms with Crippen LogP contribution >= 0.6 is 11.6 Å². The van der Waals surface area contributed by atoms with Gasteiger partial charge in [0.1, 0.15) is 0 Å². The van der Waals surface area contributed by atoms with Crippen molar-refractivity contribution in [2.24, 2.45) is 0 Å². The summed E-state index contributed by atoms with van der Waals surface area (Å²) in [6, 6.07) is 6.55. The second kappa shape index (κ2) is 5.04. The molecular weight excluding hydrogens is 266 g/mol. The Labute approximate surface area is 126 Å². The van der Waals surface area contributed by atoms with Crippen LogP contribution in [-0.2, 0) is 18.3 Å². The van der Waals surface area contributed by atoms with Crippen molar-refractivity contribution in [1.82, 2.24) is 4.98 Å². The molecule has 0 fully saturated rings. The third kappa shape index (κ3) is 2.44. The Morgan fingerprint density at radius 3 is 2.55 bits per heavy atom. The van der Waals surface area contributed by atoms with Gasteiger partial charge in [-0.3, -0.25) is 4.98 Å². The van der Waals surface area contributed by atoms with E-state index in [0.29, 0.717) is 0 Å². The average molecular weight is 288 g/mol. The molecule has 0 atom stereocenters. The monoisotopic (exact) mass is 287 g/mol. The maximum absolute atomic E-state index is 6.71. The van der Waals surface area contributed by atoms with Crippen LogP contribution in [0.3, 0.4) is 0 Å². The van der Waals surface area contributed by atoms with Crippen molar-refractivity contribution in [2.75, 3.05) is 0 Å². The first kappa shape index (κ1) is 13.9. The van der Waals surface area contributed by atoms with E-state index in [1.807, 2.05) is 0 Å². The molecule has 0 radical (unpaired) electrons. The summed E-state index contributed by atoms with van der Waals surface area (Å²) in [5.41, 5.74) is 5.03. The molecule has 0 unspecified atom stereocenters. The molecule has 0 bridgehead atoms. The molecule has 0 amide bonds. The van der Waals surface area contributed by atoms with Gasteiger partial charge in [0.2, 0.25) is 0 Å². The van der Waals surface area contributed by atoms with Crippen LogP contribution < -0.4 is 0 Å².